The minimum atomic E-state index is -1.17. The molecule has 0 bridgehead atoms. The average molecular weight is 155 g/mol. The van der Waals surface area contributed by atoms with Gasteiger partial charge in [0.05, 0.1) is 0 Å². The van der Waals surface area contributed by atoms with Gasteiger partial charge in [0.25, 0.3) is 0 Å². The number of aliphatic imine (C=N–C) groups is 1. The first-order chi connectivity index (χ1) is 5.15. The smallest absolute Gasteiger partial charge is 0.427 e. The molecule has 3 nitrogen and oxygen atoms in total. The SMILES string of the molecule is C=C/C=C\C=NC.CB(O)O. The highest BCUT2D eigenvalue weighted by Gasteiger charge is 1.86. The molecule has 0 rings (SSSR count). The summed E-state index contributed by atoms with van der Waals surface area (Å²) in [4.78, 5) is 3.71. The van der Waals surface area contributed by atoms with Gasteiger partial charge >= 0.3 is 7.12 Å². The van der Waals surface area contributed by atoms with Crippen LogP contribution in [-0.4, -0.2) is 30.4 Å². The molecule has 0 aliphatic carbocycles. The summed E-state index contributed by atoms with van der Waals surface area (Å²) in [6.07, 6.45) is 7.07. The van der Waals surface area contributed by atoms with Crippen LogP contribution in [0.25, 0.3) is 0 Å². The zero-order chi connectivity index (χ0) is 9.11. The van der Waals surface area contributed by atoms with E-state index >= 15 is 0 Å². The van der Waals surface area contributed by atoms with Gasteiger partial charge in [0, 0.05) is 13.3 Å². The maximum Gasteiger partial charge on any atom is 0.448 e. The fourth-order valence-electron chi connectivity index (χ4n) is 0.214. The van der Waals surface area contributed by atoms with E-state index in [2.05, 4.69) is 11.6 Å². The Bertz CT molecular complexity index is 130. The van der Waals surface area contributed by atoms with Crippen molar-refractivity contribution in [3.05, 3.63) is 24.8 Å². The maximum absolute atomic E-state index is 7.61. The summed E-state index contributed by atoms with van der Waals surface area (Å²) in [6, 6.07) is 0. The van der Waals surface area contributed by atoms with Crippen LogP contribution in [0, 0.1) is 0 Å². The highest BCUT2D eigenvalue weighted by molar-refractivity contribution is 6.38. The van der Waals surface area contributed by atoms with Crippen molar-refractivity contribution in [3.8, 4) is 0 Å². The van der Waals surface area contributed by atoms with Crippen LogP contribution in [0.2, 0.25) is 6.82 Å². The van der Waals surface area contributed by atoms with Crippen LogP contribution >= 0.6 is 0 Å². The van der Waals surface area contributed by atoms with Crippen molar-refractivity contribution >= 4 is 13.3 Å². The molecule has 0 aliphatic heterocycles. The molecule has 0 unspecified atom stereocenters. The van der Waals surface area contributed by atoms with Crippen molar-refractivity contribution < 1.29 is 10.0 Å². The zero-order valence-corrected chi connectivity index (χ0v) is 6.94. The van der Waals surface area contributed by atoms with Crippen LogP contribution in [0.15, 0.2) is 29.8 Å². The van der Waals surface area contributed by atoms with Gasteiger partial charge in [0.2, 0.25) is 0 Å². The lowest BCUT2D eigenvalue weighted by Crippen LogP contribution is -2.00. The first kappa shape index (κ1) is 12.8. The van der Waals surface area contributed by atoms with Crippen LogP contribution in [0.3, 0.4) is 0 Å². The van der Waals surface area contributed by atoms with E-state index in [1.807, 2.05) is 12.2 Å². The van der Waals surface area contributed by atoms with E-state index in [-0.39, 0.29) is 0 Å². The molecule has 0 heterocycles. The topological polar surface area (TPSA) is 52.8 Å². The predicted octanol–water partition coefficient (Wildman–Crippen LogP) is 0.518. The molecule has 0 saturated heterocycles. The van der Waals surface area contributed by atoms with E-state index in [0.717, 1.165) is 0 Å². The molecular formula is C7H14BNO2. The van der Waals surface area contributed by atoms with Crippen LogP contribution in [-0.2, 0) is 0 Å². The van der Waals surface area contributed by atoms with Crippen LogP contribution < -0.4 is 0 Å². The Kier molecular flexibility index (Phi) is 13.8. The quantitative estimate of drug-likeness (QED) is 0.347. The van der Waals surface area contributed by atoms with Gasteiger partial charge in [-0.25, -0.2) is 0 Å². The summed E-state index contributed by atoms with van der Waals surface area (Å²) in [6.45, 7) is 4.76. The van der Waals surface area contributed by atoms with E-state index < -0.39 is 7.12 Å². The molecule has 0 saturated carbocycles. The Hall–Kier alpha value is -0.865. The zero-order valence-electron chi connectivity index (χ0n) is 6.94. The third-order valence-electron chi connectivity index (χ3n) is 0.482. The predicted molar refractivity (Wildman–Crippen MR) is 49.8 cm³/mol. The monoisotopic (exact) mass is 155 g/mol. The summed E-state index contributed by atoms with van der Waals surface area (Å²) < 4.78 is 0. The molecule has 0 amide bonds. The van der Waals surface area contributed by atoms with Crippen LogP contribution in [0.1, 0.15) is 0 Å². The fourth-order valence-corrected chi connectivity index (χ4v) is 0.214. The van der Waals surface area contributed by atoms with Gasteiger partial charge in [0.1, 0.15) is 0 Å². The standard InChI is InChI=1S/C6H9N.CH5BO2/c1-3-4-5-6-7-2;1-2(3)4/h3-6H,1H2,2H3;3-4H,1H3/b5-4-,7-6?;. The summed E-state index contributed by atoms with van der Waals surface area (Å²) in [5.74, 6) is 0. The van der Waals surface area contributed by atoms with Crippen LogP contribution in [0.4, 0.5) is 0 Å². The minimum absolute atomic E-state index is 1.17. The van der Waals surface area contributed by atoms with Crippen molar-refractivity contribution in [2.75, 3.05) is 7.05 Å². The number of allylic oxidation sites excluding steroid dienone is 3. The molecule has 0 spiro atoms. The average Bonchev–Trinajstić information content (AvgIpc) is 1.88. The van der Waals surface area contributed by atoms with Gasteiger partial charge in [-0.3, -0.25) is 4.99 Å². The molecule has 62 valence electrons. The van der Waals surface area contributed by atoms with Gasteiger partial charge in [-0.05, 0) is 12.9 Å². The Morgan fingerprint density at radius 1 is 1.36 bits per heavy atom. The lowest BCUT2D eigenvalue weighted by Gasteiger charge is -1.71. The molecule has 0 radical (unpaired) electrons. The molecule has 0 aromatic carbocycles. The minimum Gasteiger partial charge on any atom is -0.427 e. The molecule has 0 aromatic heterocycles. The third kappa shape index (κ3) is 47.3. The Balaban J connectivity index is 0. The summed E-state index contributed by atoms with van der Waals surface area (Å²) in [5, 5.41) is 15.2. The molecule has 0 aromatic rings. The number of hydrogen-bond acceptors (Lipinski definition) is 3. The highest BCUT2D eigenvalue weighted by atomic mass is 16.4. The summed E-state index contributed by atoms with van der Waals surface area (Å²) in [5.41, 5.74) is 0. The molecule has 11 heavy (non-hydrogen) atoms. The van der Waals surface area contributed by atoms with E-state index in [0.29, 0.717) is 0 Å². The second-order valence-electron chi connectivity index (χ2n) is 1.66. The second kappa shape index (κ2) is 11.9. The van der Waals surface area contributed by atoms with Gasteiger partial charge in [-0.1, -0.05) is 18.7 Å². The fraction of sp³-hybridized carbons (Fsp3) is 0.286. The Labute approximate surface area is 67.9 Å². The first-order valence-corrected chi connectivity index (χ1v) is 3.21. The molecule has 0 aliphatic rings. The van der Waals surface area contributed by atoms with Crippen molar-refractivity contribution in [1.82, 2.24) is 0 Å². The lowest BCUT2D eigenvalue weighted by atomic mass is 9.99. The van der Waals surface area contributed by atoms with E-state index in [9.17, 15) is 0 Å². The van der Waals surface area contributed by atoms with Crippen molar-refractivity contribution in [2.45, 2.75) is 6.82 Å². The van der Waals surface area contributed by atoms with E-state index in [4.69, 9.17) is 10.0 Å². The van der Waals surface area contributed by atoms with Gasteiger partial charge in [-0.2, -0.15) is 0 Å². The van der Waals surface area contributed by atoms with Gasteiger partial charge in [0.15, 0.2) is 0 Å². The molecule has 2 N–H and O–H groups in total. The van der Waals surface area contributed by atoms with Gasteiger partial charge < -0.3 is 10.0 Å². The van der Waals surface area contributed by atoms with E-state index in [1.165, 1.54) is 6.82 Å². The Morgan fingerprint density at radius 2 is 1.82 bits per heavy atom. The highest BCUT2D eigenvalue weighted by Crippen LogP contribution is 1.66. The normalized spacial score (nSPS) is 9.45. The number of nitrogens with zero attached hydrogens (tertiary/aromatic N) is 1. The number of rotatable bonds is 2. The number of hydrogen-bond donors (Lipinski definition) is 2. The molecule has 0 fully saturated rings. The third-order valence-corrected chi connectivity index (χ3v) is 0.482. The largest absolute Gasteiger partial charge is 0.448 e. The maximum atomic E-state index is 7.61. The lowest BCUT2D eigenvalue weighted by molar-refractivity contribution is 0.417. The summed E-state index contributed by atoms with van der Waals surface area (Å²) in [7, 11) is 0.563. The van der Waals surface area contributed by atoms with Crippen LogP contribution in [0.5, 0.6) is 0 Å². The van der Waals surface area contributed by atoms with E-state index in [1.54, 1.807) is 19.3 Å². The van der Waals surface area contributed by atoms with Gasteiger partial charge in [-0.15, -0.1) is 0 Å². The molecule has 4 heteroatoms. The summed E-state index contributed by atoms with van der Waals surface area (Å²) >= 11 is 0. The van der Waals surface area contributed by atoms with Crippen molar-refractivity contribution in [2.24, 2.45) is 4.99 Å². The van der Waals surface area contributed by atoms with Crippen molar-refractivity contribution in [1.29, 1.82) is 0 Å². The second-order valence-corrected chi connectivity index (χ2v) is 1.66. The first-order valence-electron chi connectivity index (χ1n) is 3.21. The van der Waals surface area contributed by atoms with Crippen molar-refractivity contribution in [3.63, 3.8) is 0 Å². The molecule has 0 atom stereocenters. The Morgan fingerprint density at radius 3 is 2.09 bits per heavy atom. The molecular weight excluding hydrogens is 141 g/mol.